The number of nitrogens with zero attached hydrogens (tertiary/aromatic N) is 2. The van der Waals surface area contributed by atoms with E-state index in [-0.39, 0.29) is 6.61 Å². The molecule has 1 aromatic heterocycles. The molecule has 0 saturated carbocycles. The van der Waals surface area contributed by atoms with Crippen molar-refractivity contribution in [2.75, 3.05) is 19.8 Å². The summed E-state index contributed by atoms with van der Waals surface area (Å²) in [5.41, 5.74) is 1.63. The lowest BCUT2D eigenvalue weighted by molar-refractivity contribution is -0.173. The average Bonchev–Trinajstić information content (AvgIpc) is 2.58. The molecule has 0 unspecified atom stereocenters. The molecule has 19 heavy (non-hydrogen) atoms. The standard InChI is InChI=1S/C11H17ClF3N3O/c1-3-8-10(12)9(18(2)17-8)6-16-4-5-19-7-11(13,14)15/h16H,3-7H2,1-2H3. The van der Waals surface area contributed by atoms with Crippen LogP contribution in [-0.4, -0.2) is 35.7 Å². The zero-order valence-electron chi connectivity index (χ0n) is 10.9. The lowest BCUT2D eigenvalue weighted by atomic mass is 10.3. The Kier molecular flexibility index (Phi) is 6.09. The molecule has 0 aliphatic rings. The van der Waals surface area contributed by atoms with Crippen molar-refractivity contribution in [2.24, 2.45) is 7.05 Å². The van der Waals surface area contributed by atoms with Crippen LogP contribution < -0.4 is 5.32 Å². The van der Waals surface area contributed by atoms with E-state index in [1.807, 2.05) is 6.92 Å². The molecule has 8 heteroatoms. The maximum atomic E-state index is 11.8. The Labute approximate surface area is 114 Å². The molecule has 0 saturated heterocycles. The molecule has 0 radical (unpaired) electrons. The highest BCUT2D eigenvalue weighted by atomic mass is 35.5. The SMILES string of the molecule is CCc1nn(C)c(CNCCOCC(F)(F)F)c1Cl. The summed E-state index contributed by atoms with van der Waals surface area (Å²) in [6.45, 7) is 1.49. The molecule has 110 valence electrons. The first-order valence-corrected chi connectivity index (χ1v) is 6.28. The number of rotatable bonds is 7. The summed E-state index contributed by atoms with van der Waals surface area (Å²) >= 11 is 6.13. The molecule has 1 N–H and O–H groups in total. The molecule has 4 nitrogen and oxygen atoms in total. The Morgan fingerprint density at radius 1 is 1.42 bits per heavy atom. The van der Waals surface area contributed by atoms with E-state index in [2.05, 4.69) is 15.2 Å². The Hall–Kier alpha value is -0.790. The van der Waals surface area contributed by atoms with Crippen molar-refractivity contribution in [3.63, 3.8) is 0 Å². The molecule has 0 atom stereocenters. The fourth-order valence-corrected chi connectivity index (χ4v) is 1.91. The number of alkyl halides is 3. The predicted molar refractivity (Wildman–Crippen MR) is 66.2 cm³/mol. The second-order valence-corrected chi connectivity index (χ2v) is 4.41. The first-order valence-electron chi connectivity index (χ1n) is 5.90. The average molecular weight is 300 g/mol. The van der Waals surface area contributed by atoms with Gasteiger partial charge in [0.15, 0.2) is 0 Å². The van der Waals surface area contributed by atoms with E-state index >= 15 is 0 Å². The van der Waals surface area contributed by atoms with Gasteiger partial charge in [0.1, 0.15) is 6.61 Å². The monoisotopic (exact) mass is 299 g/mol. The number of hydrogen-bond acceptors (Lipinski definition) is 3. The zero-order valence-corrected chi connectivity index (χ0v) is 11.6. The van der Waals surface area contributed by atoms with Gasteiger partial charge in [-0.15, -0.1) is 0 Å². The maximum absolute atomic E-state index is 11.8. The molecule has 0 fully saturated rings. The largest absolute Gasteiger partial charge is 0.411 e. The number of aryl methyl sites for hydroxylation is 2. The van der Waals surface area contributed by atoms with E-state index in [9.17, 15) is 13.2 Å². The number of ether oxygens (including phenoxy) is 1. The molecule has 0 aromatic carbocycles. The summed E-state index contributed by atoms with van der Waals surface area (Å²) < 4.78 is 41.6. The molecular weight excluding hydrogens is 283 g/mol. The van der Waals surface area contributed by atoms with Crippen LogP contribution in [0.15, 0.2) is 0 Å². The van der Waals surface area contributed by atoms with Gasteiger partial charge in [-0.25, -0.2) is 0 Å². The van der Waals surface area contributed by atoms with Crippen LogP contribution in [-0.2, 0) is 24.8 Å². The molecule has 0 amide bonds. The lowest BCUT2D eigenvalue weighted by Gasteiger charge is -2.08. The fourth-order valence-electron chi connectivity index (χ4n) is 1.55. The highest BCUT2D eigenvalue weighted by Crippen LogP contribution is 2.20. The van der Waals surface area contributed by atoms with Crippen LogP contribution in [0.2, 0.25) is 5.02 Å². The third-order valence-corrected chi connectivity index (χ3v) is 2.92. The van der Waals surface area contributed by atoms with E-state index in [1.54, 1.807) is 11.7 Å². The van der Waals surface area contributed by atoms with Crippen molar-refractivity contribution in [1.29, 1.82) is 0 Å². The molecule has 0 spiro atoms. The number of nitrogens with one attached hydrogen (secondary N) is 1. The smallest absolute Gasteiger partial charge is 0.371 e. The van der Waals surface area contributed by atoms with Crippen LogP contribution in [0.1, 0.15) is 18.3 Å². The topological polar surface area (TPSA) is 39.1 Å². The summed E-state index contributed by atoms with van der Waals surface area (Å²) in [5.74, 6) is 0. The van der Waals surface area contributed by atoms with Gasteiger partial charge < -0.3 is 10.1 Å². The van der Waals surface area contributed by atoms with Crippen molar-refractivity contribution < 1.29 is 17.9 Å². The van der Waals surface area contributed by atoms with Gasteiger partial charge in [-0.3, -0.25) is 4.68 Å². The maximum Gasteiger partial charge on any atom is 0.411 e. The Morgan fingerprint density at radius 3 is 2.63 bits per heavy atom. The summed E-state index contributed by atoms with van der Waals surface area (Å²) in [4.78, 5) is 0. The minimum Gasteiger partial charge on any atom is -0.371 e. The minimum atomic E-state index is -4.28. The summed E-state index contributed by atoms with van der Waals surface area (Å²) in [7, 11) is 1.78. The van der Waals surface area contributed by atoms with Crippen LogP contribution in [0.5, 0.6) is 0 Å². The Morgan fingerprint density at radius 2 is 2.11 bits per heavy atom. The molecular formula is C11H17ClF3N3O. The minimum absolute atomic E-state index is 0.00435. The van der Waals surface area contributed by atoms with E-state index in [4.69, 9.17) is 11.6 Å². The van der Waals surface area contributed by atoms with Crippen molar-refractivity contribution in [3.05, 3.63) is 16.4 Å². The van der Waals surface area contributed by atoms with Crippen molar-refractivity contribution in [1.82, 2.24) is 15.1 Å². The van der Waals surface area contributed by atoms with Crippen LogP contribution in [0.4, 0.5) is 13.2 Å². The van der Waals surface area contributed by atoms with Gasteiger partial charge in [0.2, 0.25) is 0 Å². The number of halogens is 4. The quantitative estimate of drug-likeness (QED) is 0.785. The second-order valence-electron chi connectivity index (χ2n) is 4.03. The van der Waals surface area contributed by atoms with Crippen LogP contribution >= 0.6 is 11.6 Å². The molecule has 1 heterocycles. The van der Waals surface area contributed by atoms with Crippen LogP contribution in [0.25, 0.3) is 0 Å². The first kappa shape index (κ1) is 16.3. The van der Waals surface area contributed by atoms with Gasteiger partial charge in [-0.1, -0.05) is 18.5 Å². The molecule has 0 bridgehead atoms. The van der Waals surface area contributed by atoms with Crippen molar-refractivity contribution in [3.8, 4) is 0 Å². The van der Waals surface area contributed by atoms with E-state index in [0.29, 0.717) is 18.1 Å². The van der Waals surface area contributed by atoms with Crippen molar-refractivity contribution in [2.45, 2.75) is 26.1 Å². The van der Waals surface area contributed by atoms with Crippen LogP contribution in [0.3, 0.4) is 0 Å². The van der Waals surface area contributed by atoms with Gasteiger partial charge in [-0.05, 0) is 6.42 Å². The van der Waals surface area contributed by atoms with E-state index in [1.165, 1.54) is 0 Å². The van der Waals surface area contributed by atoms with Gasteiger partial charge in [0, 0.05) is 20.1 Å². The van der Waals surface area contributed by atoms with Gasteiger partial charge in [0.05, 0.1) is 23.0 Å². The third kappa shape index (κ3) is 5.38. The fraction of sp³-hybridized carbons (Fsp3) is 0.727. The van der Waals surface area contributed by atoms with E-state index in [0.717, 1.165) is 17.8 Å². The predicted octanol–water partition coefficient (Wildman–Crippen LogP) is 2.30. The summed E-state index contributed by atoms with van der Waals surface area (Å²) in [5, 5.41) is 7.82. The molecule has 0 aliphatic heterocycles. The van der Waals surface area contributed by atoms with Gasteiger partial charge in [-0.2, -0.15) is 18.3 Å². The van der Waals surface area contributed by atoms with E-state index < -0.39 is 12.8 Å². The summed E-state index contributed by atoms with van der Waals surface area (Å²) in [6, 6.07) is 0. The zero-order chi connectivity index (χ0) is 14.5. The van der Waals surface area contributed by atoms with Gasteiger partial charge in [0.25, 0.3) is 0 Å². The highest BCUT2D eigenvalue weighted by molar-refractivity contribution is 6.31. The number of hydrogen-bond donors (Lipinski definition) is 1. The van der Waals surface area contributed by atoms with Crippen LogP contribution in [0, 0.1) is 0 Å². The normalized spacial score (nSPS) is 12.1. The highest BCUT2D eigenvalue weighted by Gasteiger charge is 2.27. The molecule has 1 rings (SSSR count). The third-order valence-electron chi connectivity index (χ3n) is 2.48. The molecule has 0 aliphatic carbocycles. The molecule has 1 aromatic rings. The second kappa shape index (κ2) is 7.12. The Bertz CT molecular complexity index is 407. The summed E-state index contributed by atoms with van der Waals surface area (Å²) in [6.07, 6.45) is -3.54. The Balaban J connectivity index is 2.28. The van der Waals surface area contributed by atoms with Crippen molar-refractivity contribution >= 4 is 11.6 Å². The van der Waals surface area contributed by atoms with Gasteiger partial charge >= 0.3 is 6.18 Å². The lowest BCUT2D eigenvalue weighted by Crippen LogP contribution is -2.24. The first-order chi connectivity index (χ1) is 8.85. The number of aromatic nitrogens is 2.